The van der Waals surface area contributed by atoms with Gasteiger partial charge in [-0.3, -0.25) is 4.79 Å². The molecule has 0 aromatic heterocycles. The third-order valence-corrected chi connectivity index (χ3v) is 2.59. The largest absolute Gasteiger partial charge is 0.463 e. The standard InChI is InChI=1S/C11H21NO3/c1-8(2)14-5-6-15-11(13)9-3-4-10(12)7-9/h8-10H,3-7,12H2,1-2H3. The maximum absolute atomic E-state index is 11.5. The van der Waals surface area contributed by atoms with Gasteiger partial charge in [0.2, 0.25) is 0 Å². The topological polar surface area (TPSA) is 61.5 Å². The average Bonchev–Trinajstić information content (AvgIpc) is 2.59. The summed E-state index contributed by atoms with van der Waals surface area (Å²) in [5, 5.41) is 0. The van der Waals surface area contributed by atoms with Crippen molar-refractivity contribution in [1.29, 1.82) is 0 Å². The first kappa shape index (κ1) is 12.5. The fraction of sp³-hybridized carbons (Fsp3) is 0.909. The second kappa shape index (κ2) is 6.08. The van der Waals surface area contributed by atoms with E-state index in [9.17, 15) is 4.79 Å². The second-order valence-electron chi connectivity index (χ2n) is 4.36. The van der Waals surface area contributed by atoms with Gasteiger partial charge in [-0.1, -0.05) is 0 Å². The Morgan fingerprint density at radius 1 is 1.40 bits per heavy atom. The van der Waals surface area contributed by atoms with Gasteiger partial charge in [0.25, 0.3) is 0 Å². The molecule has 0 aliphatic heterocycles. The van der Waals surface area contributed by atoms with Crippen LogP contribution in [0.3, 0.4) is 0 Å². The molecule has 0 aromatic carbocycles. The Kier molecular flexibility index (Phi) is 5.05. The highest BCUT2D eigenvalue weighted by atomic mass is 16.6. The first-order chi connectivity index (χ1) is 7.09. The van der Waals surface area contributed by atoms with Gasteiger partial charge in [-0.2, -0.15) is 0 Å². The molecule has 0 aromatic rings. The number of hydrogen-bond donors (Lipinski definition) is 1. The van der Waals surface area contributed by atoms with Crippen LogP contribution in [-0.4, -0.2) is 31.3 Å². The number of carbonyl (C=O) groups excluding carboxylic acids is 1. The van der Waals surface area contributed by atoms with E-state index in [0.29, 0.717) is 13.2 Å². The zero-order valence-electron chi connectivity index (χ0n) is 9.57. The van der Waals surface area contributed by atoms with Crippen molar-refractivity contribution in [1.82, 2.24) is 0 Å². The SMILES string of the molecule is CC(C)OCCOC(=O)C1CCC(N)C1. The van der Waals surface area contributed by atoms with Crippen molar-refractivity contribution in [2.75, 3.05) is 13.2 Å². The number of carbonyl (C=O) groups is 1. The van der Waals surface area contributed by atoms with Gasteiger partial charge < -0.3 is 15.2 Å². The van der Waals surface area contributed by atoms with E-state index in [2.05, 4.69) is 0 Å². The summed E-state index contributed by atoms with van der Waals surface area (Å²) in [6, 6.07) is 0.175. The lowest BCUT2D eigenvalue weighted by Crippen LogP contribution is -2.21. The maximum atomic E-state index is 11.5. The van der Waals surface area contributed by atoms with Crippen LogP contribution in [-0.2, 0) is 14.3 Å². The first-order valence-corrected chi connectivity index (χ1v) is 5.63. The number of nitrogens with two attached hydrogens (primary N) is 1. The highest BCUT2D eigenvalue weighted by molar-refractivity contribution is 5.72. The molecule has 2 unspecified atom stereocenters. The van der Waals surface area contributed by atoms with E-state index in [1.807, 2.05) is 13.8 Å². The van der Waals surface area contributed by atoms with Gasteiger partial charge in [0.15, 0.2) is 0 Å². The van der Waals surface area contributed by atoms with Gasteiger partial charge in [-0.15, -0.1) is 0 Å². The van der Waals surface area contributed by atoms with E-state index in [1.54, 1.807) is 0 Å². The third kappa shape index (κ3) is 4.62. The van der Waals surface area contributed by atoms with Gasteiger partial charge in [0.05, 0.1) is 18.6 Å². The molecule has 4 heteroatoms. The highest BCUT2D eigenvalue weighted by Gasteiger charge is 2.28. The van der Waals surface area contributed by atoms with Gasteiger partial charge in [-0.05, 0) is 33.1 Å². The van der Waals surface area contributed by atoms with E-state index < -0.39 is 0 Å². The molecular formula is C11H21NO3. The van der Waals surface area contributed by atoms with Gasteiger partial charge in [-0.25, -0.2) is 0 Å². The van der Waals surface area contributed by atoms with Crippen LogP contribution in [0.15, 0.2) is 0 Å². The van der Waals surface area contributed by atoms with Crippen molar-refractivity contribution in [3.63, 3.8) is 0 Å². The van der Waals surface area contributed by atoms with Gasteiger partial charge >= 0.3 is 5.97 Å². The molecular weight excluding hydrogens is 194 g/mol. The van der Waals surface area contributed by atoms with Crippen LogP contribution >= 0.6 is 0 Å². The Balaban J connectivity index is 2.08. The van der Waals surface area contributed by atoms with Crippen LogP contribution in [0.25, 0.3) is 0 Å². The molecule has 0 heterocycles. The lowest BCUT2D eigenvalue weighted by atomic mass is 10.1. The van der Waals surface area contributed by atoms with Crippen molar-refractivity contribution in [2.45, 2.75) is 45.3 Å². The normalized spacial score (nSPS) is 25.9. The van der Waals surface area contributed by atoms with E-state index in [-0.39, 0.29) is 24.0 Å². The summed E-state index contributed by atoms with van der Waals surface area (Å²) in [5.41, 5.74) is 5.73. The molecule has 0 saturated heterocycles. The summed E-state index contributed by atoms with van der Waals surface area (Å²) in [6.07, 6.45) is 2.75. The number of esters is 1. The molecule has 1 rings (SSSR count). The lowest BCUT2D eigenvalue weighted by molar-refractivity contribution is -0.150. The van der Waals surface area contributed by atoms with Gasteiger partial charge in [0, 0.05) is 6.04 Å². The molecule has 0 spiro atoms. The predicted molar refractivity (Wildman–Crippen MR) is 57.4 cm³/mol. The Hall–Kier alpha value is -0.610. The van der Waals surface area contributed by atoms with E-state index in [0.717, 1.165) is 19.3 Å². The van der Waals surface area contributed by atoms with Crippen LogP contribution in [0.4, 0.5) is 0 Å². The molecule has 4 nitrogen and oxygen atoms in total. The van der Waals surface area contributed by atoms with Crippen molar-refractivity contribution in [3.8, 4) is 0 Å². The summed E-state index contributed by atoms with van der Waals surface area (Å²) in [4.78, 5) is 11.5. The molecule has 15 heavy (non-hydrogen) atoms. The maximum Gasteiger partial charge on any atom is 0.309 e. The van der Waals surface area contributed by atoms with Crippen molar-refractivity contribution in [2.24, 2.45) is 11.7 Å². The summed E-state index contributed by atoms with van der Waals surface area (Å²) in [6.45, 7) is 4.74. The Morgan fingerprint density at radius 3 is 2.67 bits per heavy atom. The Bertz CT molecular complexity index is 206. The van der Waals surface area contributed by atoms with E-state index >= 15 is 0 Å². The predicted octanol–water partition coefficient (Wildman–Crippen LogP) is 1.08. The van der Waals surface area contributed by atoms with E-state index in [4.69, 9.17) is 15.2 Å². The van der Waals surface area contributed by atoms with Crippen molar-refractivity contribution < 1.29 is 14.3 Å². The minimum absolute atomic E-state index is 0.0130. The Labute approximate surface area is 91.1 Å². The highest BCUT2D eigenvalue weighted by Crippen LogP contribution is 2.24. The minimum atomic E-state index is -0.115. The monoisotopic (exact) mass is 215 g/mol. The molecule has 0 amide bonds. The first-order valence-electron chi connectivity index (χ1n) is 5.63. The lowest BCUT2D eigenvalue weighted by Gasteiger charge is -2.11. The zero-order valence-corrected chi connectivity index (χ0v) is 9.57. The summed E-state index contributed by atoms with van der Waals surface area (Å²) in [5.74, 6) is -0.102. The minimum Gasteiger partial charge on any atom is -0.463 e. The van der Waals surface area contributed by atoms with Crippen LogP contribution in [0.2, 0.25) is 0 Å². The zero-order chi connectivity index (χ0) is 11.3. The third-order valence-electron chi connectivity index (χ3n) is 2.59. The van der Waals surface area contributed by atoms with Crippen molar-refractivity contribution in [3.05, 3.63) is 0 Å². The molecule has 2 N–H and O–H groups in total. The average molecular weight is 215 g/mol. The number of rotatable bonds is 5. The number of hydrogen-bond acceptors (Lipinski definition) is 4. The van der Waals surface area contributed by atoms with Gasteiger partial charge in [0.1, 0.15) is 6.61 Å². The summed E-state index contributed by atoms with van der Waals surface area (Å²) >= 11 is 0. The molecule has 1 aliphatic rings. The van der Waals surface area contributed by atoms with Crippen molar-refractivity contribution >= 4 is 5.97 Å². The molecule has 0 radical (unpaired) electrons. The molecule has 1 fully saturated rings. The van der Waals surface area contributed by atoms with E-state index in [1.165, 1.54) is 0 Å². The second-order valence-corrected chi connectivity index (χ2v) is 4.36. The van der Waals surface area contributed by atoms with Crippen LogP contribution in [0.1, 0.15) is 33.1 Å². The summed E-state index contributed by atoms with van der Waals surface area (Å²) < 4.78 is 10.4. The molecule has 1 aliphatic carbocycles. The van der Waals surface area contributed by atoms with Crippen LogP contribution in [0, 0.1) is 5.92 Å². The molecule has 88 valence electrons. The summed E-state index contributed by atoms with van der Waals surface area (Å²) in [7, 11) is 0. The number of ether oxygens (including phenoxy) is 2. The quantitative estimate of drug-likeness (QED) is 0.550. The Morgan fingerprint density at radius 2 is 2.13 bits per heavy atom. The molecule has 1 saturated carbocycles. The fourth-order valence-electron chi connectivity index (χ4n) is 1.77. The fourth-order valence-corrected chi connectivity index (χ4v) is 1.77. The molecule has 0 bridgehead atoms. The van der Waals surface area contributed by atoms with Crippen LogP contribution < -0.4 is 5.73 Å². The molecule has 2 atom stereocenters. The van der Waals surface area contributed by atoms with Crippen LogP contribution in [0.5, 0.6) is 0 Å². The smallest absolute Gasteiger partial charge is 0.309 e.